The van der Waals surface area contributed by atoms with Crippen LogP contribution in [0, 0.1) is 0 Å². The number of hydrogen-bond donors (Lipinski definition) is 2. The summed E-state index contributed by atoms with van der Waals surface area (Å²) in [4.78, 5) is 26.3. The van der Waals surface area contributed by atoms with Gasteiger partial charge >= 0.3 is 5.97 Å². The Morgan fingerprint density at radius 2 is 2.06 bits per heavy atom. The van der Waals surface area contributed by atoms with Crippen molar-refractivity contribution in [1.82, 2.24) is 15.1 Å². The van der Waals surface area contributed by atoms with E-state index in [1.807, 2.05) is 0 Å². The van der Waals surface area contributed by atoms with Crippen LogP contribution in [0.25, 0.3) is 0 Å². The van der Waals surface area contributed by atoms with Crippen LogP contribution in [0.15, 0.2) is 0 Å². The van der Waals surface area contributed by atoms with E-state index >= 15 is 0 Å². The lowest BCUT2D eigenvalue weighted by atomic mass is 10.2. The maximum Gasteiger partial charge on any atom is 0.313 e. The number of piperazine rings is 1. The average Bonchev–Trinajstić information content (AvgIpc) is 2.30. The highest BCUT2D eigenvalue weighted by atomic mass is 32.2. The second-order valence-electron chi connectivity index (χ2n) is 4.59. The summed E-state index contributed by atoms with van der Waals surface area (Å²) in [5.41, 5.74) is 0. The van der Waals surface area contributed by atoms with Crippen LogP contribution >= 0.6 is 11.8 Å². The zero-order chi connectivity index (χ0) is 13.5. The lowest BCUT2D eigenvalue weighted by molar-refractivity contribution is -0.133. The average molecular weight is 275 g/mol. The molecule has 0 aromatic heterocycles. The number of likely N-dealkylation sites (N-methyl/N-ethyl adjacent to an activating group) is 2. The summed E-state index contributed by atoms with van der Waals surface area (Å²) in [6.45, 7) is 3.62. The number of nitrogens with one attached hydrogen (secondary N) is 1. The van der Waals surface area contributed by atoms with E-state index in [4.69, 9.17) is 5.11 Å². The molecule has 1 atom stereocenters. The fourth-order valence-electron chi connectivity index (χ4n) is 1.84. The van der Waals surface area contributed by atoms with Gasteiger partial charge in [-0.3, -0.25) is 14.5 Å². The highest BCUT2D eigenvalue weighted by Gasteiger charge is 2.22. The molecule has 0 bridgehead atoms. The Bertz CT molecular complexity index is 301. The van der Waals surface area contributed by atoms with Crippen molar-refractivity contribution < 1.29 is 14.7 Å². The number of thioether (sulfide) groups is 1. The first-order chi connectivity index (χ1) is 8.49. The van der Waals surface area contributed by atoms with Crippen LogP contribution in [0.4, 0.5) is 0 Å². The Balaban J connectivity index is 2.18. The maximum absolute atomic E-state index is 11.5. The number of carbonyl (C=O) groups is 2. The van der Waals surface area contributed by atoms with Crippen molar-refractivity contribution in [2.24, 2.45) is 0 Å². The maximum atomic E-state index is 11.5. The summed E-state index contributed by atoms with van der Waals surface area (Å²) in [6.07, 6.45) is 0. The zero-order valence-electron chi connectivity index (χ0n) is 10.9. The van der Waals surface area contributed by atoms with E-state index in [0.29, 0.717) is 12.6 Å². The number of aliphatic carboxylic acids is 1. The molecule has 0 aromatic rings. The lowest BCUT2D eigenvalue weighted by Gasteiger charge is -2.37. The first-order valence-electron chi connectivity index (χ1n) is 5.94. The van der Waals surface area contributed by atoms with Gasteiger partial charge in [0.05, 0.1) is 11.5 Å². The van der Waals surface area contributed by atoms with E-state index in [0.717, 1.165) is 31.4 Å². The number of carboxylic acids is 1. The summed E-state index contributed by atoms with van der Waals surface area (Å²) in [5.74, 6) is -0.803. The van der Waals surface area contributed by atoms with Crippen molar-refractivity contribution in [3.63, 3.8) is 0 Å². The molecule has 0 aliphatic carbocycles. The predicted molar refractivity (Wildman–Crippen MR) is 71.9 cm³/mol. The molecule has 1 aliphatic heterocycles. The molecule has 1 unspecified atom stereocenters. The Morgan fingerprint density at radius 3 is 2.72 bits per heavy atom. The quantitative estimate of drug-likeness (QED) is 0.659. The molecule has 1 saturated heterocycles. The second-order valence-corrected chi connectivity index (χ2v) is 5.57. The normalized spacial score (nSPS) is 21.8. The molecular formula is C11H21N3O3S. The van der Waals surface area contributed by atoms with Crippen LogP contribution in [0.1, 0.15) is 0 Å². The third-order valence-electron chi connectivity index (χ3n) is 2.97. The van der Waals surface area contributed by atoms with Gasteiger partial charge in [-0.1, -0.05) is 0 Å². The van der Waals surface area contributed by atoms with Crippen LogP contribution in [0.3, 0.4) is 0 Å². The molecule has 104 valence electrons. The second kappa shape index (κ2) is 7.60. The number of amides is 1. The molecule has 1 rings (SSSR count). The van der Waals surface area contributed by atoms with E-state index in [1.165, 1.54) is 0 Å². The highest BCUT2D eigenvalue weighted by Crippen LogP contribution is 2.05. The minimum absolute atomic E-state index is 0.0283. The number of rotatable bonds is 6. The van der Waals surface area contributed by atoms with E-state index in [2.05, 4.69) is 29.2 Å². The van der Waals surface area contributed by atoms with E-state index < -0.39 is 5.97 Å². The molecule has 0 spiro atoms. The zero-order valence-corrected chi connectivity index (χ0v) is 11.7. The fourth-order valence-corrected chi connectivity index (χ4v) is 2.40. The number of hydrogen-bond acceptors (Lipinski definition) is 5. The fraction of sp³-hybridized carbons (Fsp3) is 0.818. The van der Waals surface area contributed by atoms with Gasteiger partial charge in [0, 0.05) is 32.2 Å². The van der Waals surface area contributed by atoms with Gasteiger partial charge in [0.25, 0.3) is 0 Å². The molecule has 1 heterocycles. The van der Waals surface area contributed by atoms with Gasteiger partial charge in [-0.25, -0.2) is 0 Å². The first-order valence-corrected chi connectivity index (χ1v) is 7.09. The van der Waals surface area contributed by atoms with Crippen molar-refractivity contribution in [2.45, 2.75) is 6.04 Å². The molecule has 1 fully saturated rings. The SMILES string of the molecule is CN1CCN(C)C(CNC(=O)CSCC(=O)O)C1. The van der Waals surface area contributed by atoms with Gasteiger partial charge < -0.3 is 15.3 Å². The Hall–Kier alpha value is -0.790. The molecule has 0 radical (unpaired) electrons. The van der Waals surface area contributed by atoms with Crippen molar-refractivity contribution in [2.75, 3.05) is 51.8 Å². The van der Waals surface area contributed by atoms with E-state index in [9.17, 15) is 9.59 Å². The van der Waals surface area contributed by atoms with Crippen LogP contribution < -0.4 is 5.32 Å². The molecular weight excluding hydrogens is 254 g/mol. The summed E-state index contributed by atoms with van der Waals surface area (Å²) < 4.78 is 0. The lowest BCUT2D eigenvalue weighted by Crippen LogP contribution is -2.54. The third-order valence-corrected chi connectivity index (χ3v) is 3.89. The van der Waals surface area contributed by atoms with Crippen LogP contribution in [-0.4, -0.2) is 84.6 Å². The molecule has 1 aliphatic rings. The molecule has 0 aromatic carbocycles. The number of nitrogens with zero attached hydrogens (tertiary/aromatic N) is 2. The largest absolute Gasteiger partial charge is 0.481 e. The van der Waals surface area contributed by atoms with Gasteiger partial charge in [-0.05, 0) is 14.1 Å². The van der Waals surface area contributed by atoms with Crippen LogP contribution in [0.5, 0.6) is 0 Å². The smallest absolute Gasteiger partial charge is 0.313 e. The summed E-state index contributed by atoms with van der Waals surface area (Å²) in [5, 5.41) is 11.3. The molecule has 7 heteroatoms. The van der Waals surface area contributed by atoms with Crippen molar-refractivity contribution in [3.8, 4) is 0 Å². The van der Waals surface area contributed by atoms with Gasteiger partial charge in [0.1, 0.15) is 0 Å². The van der Waals surface area contributed by atoms with Gasteiger partial charge in [0.15, 0.2) is 0 Å². The summed E-state index contributed by atoms with van der Waals surface area (Å²) in [7, 11) is 4.13. The molecule has 6 nitrogen and oxygen atoms in total. The van der Waals surface area contributed by atoms with E-state index in [1.54, 1.807) is 0 Å². The summed E-state index contributed by atoms with van der Waals surface area (Å²) in [6, 6.07) is 0.331. The molecule has 1 amide bonds. The Labute approximate surface area is 112 Å². The highest BCUT2D eigenvalue weighted by molar-refractivity contribution is 8.00. The topological polar surface area (TPSA) is 72.9 Å². The first kappa shape index (κ1) is 15.3. The molecule has 2 N–H and O–H groups in total. The van der Waals surface area contributed by atoms with Gasteiger partial charge in [0.2, 0.25) is 5.91 Å². The molecule has 0 saturated carbocycles. The Morgan fingerprint density at radius 1 is 1.33 bits per heavy atom. The van der Waals surface area contributed by atoms with Crippen LogP contribution in [0.2, 0.25) is 0 Å². The van der Waals surface area contributed by atoms with Crippen molar-refractivity contribution in [1.29, 1.82) is 0 Å². The minimum Gasteiger partial charge on any atom is -0.481 e. The van der Waals surface area contributed by atoms with E-state index in [-0.39, 0.29) is 17.4 Å². The number of carboxylic acid groups (broad SMARTS) is 1. The summed E-state index contributed by atoms with van der Waals surface area (Å²) >= 11 is 1.12. The van der Waals surface area contributed by atoms with Crippen molar-refractivity contribution >= 4 is 23.6 Å². The van der Waals surface area contributed by atoms with Crippen LogP contribution in [-0.2, 0) is 9.59 Å². The van der Waals surface area contributed by atoms with Crippen molar-refractivity contribution in [3.05, 3.63) is 0 Å². The molecule has 18 heavy (non-hydrogen) atoms. The third kappa shape index (κ3) is 5.70. The predicted octanol–water partition coefficient (Wildman–Crippen LogP) is -0.834. The van der Waals surface area contributed by atoms with Gasteiger partial charge in [-0.2, -0.15) is 0 Å². The number of carbonyl (C=O) groups excluding carboxylic acids is 1. The monoisotopic (exact) mass is 275 g/mol. The minimum atomic E-state index is -0.888. The standard InChI is InChI=1S/C11H21N3O3S/c1-13-3-4-14(2)9(6-13)5-12-10(15)7-18-8-11(16)17/h9H,3-8H2,1-2H3,(H,12,15)(H,16,17). The van der Waals surface area contributed by atoms with Gasteiger partial charge in [-0.15, -0.1) is 11.8 Å². The Kier molecular flexibility index (Phi) is 6.45.